The molecule has 1 rings (SSSR count). The molecule has 1 aliphatic rings. The summed E-state index contributed by atoms with van der Waals surface area (Å²) in [5.74, 6) is 0.852. The first-order valence-corrected chi connectivity index (χ1v) is 6.40. The van der Waals surface area contributed by atoms with Crippen LogP contribution < -0.4 is 5.32 Å². The van der Waals surface area contributed by atoms with Crippen molar-refractivity contribution >= 4 is 5.91 Å². The van der Waals surface area contributed by atoms with Gasteiger partial charge < -0.3 is 10.2 Å². The van der Waals surface area contributed by atoms with Crippen LogP contribution in [0.15, 0.2) is 12.2 Å². The number of hydrogen-bond donors (Lipinski definition) is 1. The topological polar surface area (TPSA) is 32.3 Å². The molecule has 0 radical (unpaired) electrons. The van der Waals surface area contributed by atoms with Crippen molar-refractivity contribution in [3.8, 4) is 0 Å². The molecule has 0 aromatic rings. The van der Waals surface area contributed by atoms with Crippen molar-refractivity contribution in [2.45, 2.75) is 33.1 Å². The minimum Gasteiger partial charge on any atom is -0.339 e. The van der Waals surface area contributed by atoms with E-state index in [1.165, 1.54) is 12.8 Å². The Morgan fingerprint density at radius 3 is 2.69 bits per heavy atom. The third kappa shape index (κ3) is 4.35. The van der Waals surface area contributed by atoms with Gasteiger partial charge in [0.15, 0.2) is 0 Å². The van der Waals surface area contributed by atoms with E-state index in [-0.39, 0.29) is 5.91 Å². The van der Waals surface area contributed by atoms with Crippen LogP contribution in [0.5, 0.6) is 0 Å². The molecule has 0 aliphatic carbocycles. The highest BCUT2D eigenvalue weighted by atomic mass is 16.2. The predicted molar refractivity (Wildman–Crippen MR) is 67.3 cm³/mol. The van der Waals surface area contributed by atoms with Gasteiger partial charge in [-0.25, -0.2) is 0 Å². The molecule has 1 fully saturated rings. The molecule has 0 atom stereocenters. The zero-order valence-corrected chi connectivity index (χ0v) is 10.5. The summed E-state index contributed by atoms with van der Waals surface area (Å²) >= 11 is 0. The number of nitrogens with zero attached hydrogens (tertiary/aromatic N) is 1. The maximum Gasteiger partial charge on any atom is 0.246 e. The van der Waals surface area contributed by atoms with Gasteiger partial charge in [-0.2, -0.15) is 0 Å². The number of piperidine rings is 1. The van der Waals surface area contributed by atoms with Gasteiger partial charge in [0, 0.05) is 13.1 Å². The number of carbonyl (C=O) groups excluding carboxylic acids is 1. The Balaban J connectivity index is 2.45. The quantitative estimate of drug-likeness (QED) is 0.722. The van der Waals surface area contributed by atoms with E-state index in [2.05, 4.69) is 12.2 Å². The third-order valence-electron chi connectivity index (χ3n) is 3.05. The molecule has 0 spiro atoms. The second-order valence-corrected chi connectivity index (χ2v) is 4.48. The van der Waals surface area contributed by atoms with Crippen molar-refractivity contribution in [2.75, 3.05) is 26.2 Å². The summed E-state index contributed by atoms with van der Waals surface area (Å²) < 4.78 is 0. The summed E-state index contributed by atoms with van der Waals surface area (Å²) in [6, 6.07) is 0. The third-order valence-corrected chi connectivity index (χ3v) is 3.05. The lowest BCUT2D eigenvalue weighted by Crippen LogP contribution is -2.39. The van der Waals surface area contributed by atoms with Gasteiger partial charge in [0.25, 0.3) is 0 Å². The Kier molecular flexibility index (Phi) is 6.16. The summed E-state index contributed by atoms with van der Waals surface area (Å²) in [5.41, 5.74) is 0. The van der Waals surface area contributed by atoms with Crippen LogP contribution in [-0.4, -0.2) is 37.0 Å². The Bertz CT molecular complexity index is 232. The predicted octanol–water partition coefficient (Wildman–Crippen LogP) is 1.80. The first kappa shape index (κ1) is 13.2. The summed E-state index contributed by atoms with van der Waals surface area (Å²) in [6.07, 6.45) is 6.94. The highest BCUT2D eigenvalue weighted by molar-refractivity contribution is 5.87. The molecule has 3 nitrogen and oxygen atoms in total. The van der Waals surface area contributed by atoms with Crippen LogP contribution in [0.2, 0.25) is 0 Å². The van der Waals surface area contributed by atoms with Gasteiger partial charge in [-0.3, -0.25) is 4.79 Å². The molecular weight excluding hydrogens is 200 g/mol. The number of nitrogens with one attached hydrogen (secondary N) is 1. The number of amides is 1. The number of rotatable bonds is 5. The van der Waals surface area contributed by atoms with Crippen molar-refractivity contribution in [2.24, 2.45) is 5.92 Å². The Labute approximate surface area is 98.9 Å². The minimum atomic E-state index is 0.169. The molecule has 0 unspecified atom stereocenters. The van der Waals surface area contributed by atoms with E-state index in [9.17, 15) is 4.79 Å². The van der Waals surface area contributed by atoms with E-state index < -0.39 is 0 Å². The molecule has 3 heteroatoms. The van der Waals surface area contributed by atoms with Crippen LogP contribution in [0.4, 0.5) is 0 Å². The van der Waals surface area contributed by atoms with E-state index in [4.69, 9.17) is 0 Å². The first-order chi connectivity index (χ1) is 7.77. The molecule has 0 saturated carbocycles. The zero-order valence-electron chi connectivity index (χ0n) is 10.5. The Morgan fingerprint density at radius 1 is 1.44 bits per heavy atom. The standard InChI is InChI=1S/C13H24N2O/c1-3-5-13(16)15(10-4-2)11-12-6-8-14-9-7-12/h3,5,12,14H,4,6-11H2,1-2H3. The average molecular weight is 224 g/mol. The van der Waals surface area contributed by atoms with Gasteiger partial charge in [-0.15, -0.1) is 0 Å². The van der Waals surface area contributed by atoms with Crippen LogP contribution in [0.25, 0.3) is 0 Å². The molecule has 0 aromatic carbocycles. The van der Waals surface area contributed by atoms with E-state index in [1.54, 1.807) is 6.08 Å². The highest BCUT2D eigenvalue weighted by Crippen LogP contribution is 2.14. The SMILES string of the molecule is CC=CC(=O)N(CCC)CC1CCNCC1. The molecule has 1 saturated heterocycles. The van der Waals surface area contributed by atoms with Gasteiger partial charge >= 0.3 is 0 Å². The van der Waals surface area contributed by atoms with Gasteiger partial charge in [-0.1, -0.05) is 13.0 Å². The summed E-state index contributed by atoms with van der Waals surface area (Å²) in [5, 5.41) is 3.36. The van der Waals surface area contributed by atoms with Crippen LogP contribution in [0, 0.1) is 5.92 Å². The fourth-order valence-corrected chi connectivity index (χ4v) is 2.19. The van der Waals surface area contributed by atoms with E-state index >= 15 is 0 Å². The monoisotopic (exact) mass is 224 g/mol. The molecule has 1 aliphatic heterocycles. The summed E-state index contributed by atoms with van der Waals surface area (Å²) in [7, 11) is 0. The fourth-order valence-electron chi connectivity index (χ4n) is 2.19. The van der Waals surface area contributed by atoms with Crippen molar-refractivity contribution < 1.29 is 4.79 Å². The van der Waals surface area contributed by atoms with Gasteiger partial charge in [-0.05, 0) is 51.3 Å². The average Bonchev–Trinajstić information content (AvgIpc) is 2.30. The van der Waals surface area contributed by atoms with Crippen molar-refractivity contribution in [3.63, 3.8) is 0 Å². The van der Waals surface area contributed by atoms with Crippen LogP contribution in [0.3, 0.4) is 0 Å². The molecule has 1 amide bonds. The van der Waals surface area contributed by atoms with Crippen LogP contribution in [0.1, 0.15) is 33.1 Å². The smallest absolute Gasteiger partial charge is 0.246 e. The number of carbonyl (C=O) groups is 1. The summed E-state index contributed by atoms with van der Waals surface area (Å²) in [6.45, 7) is 8.03. The van der Waals surface area contributed by atoms with Gasteiger partial charge in [0.05, 0.1) is 0 Å². The minimum absolute atomic E-state index is 0.169. The molecule has 1 N–H and O–H groups in total. The maximum atomic E-state index is 11.8. The zero-order chi connectivity index (χ0) is 11.8. The molecule has 92 valence electrons. The van der Waals surface area contributed by atoms with E-state index in [1.807, 2.05) is 17.9 Å². The fraction of sp³-hybridized carbons (Fsp3) is 0.769. The lowest BCUT2D eigenvalue weighted by Gasteiger charge is -2.29. The second-order valence-electron chi connectivity index (χ2n) is 4.48. The van der Waals surface area contributed by atoms with E-state index in [0.717, 1.165) is 32.6 Å². The molecule has 1 heterocycles. The van der Waals surface area contributed by atoms with Crippen molar-refractivity contribution in [3.05, 3.63) is 12.2 Å². The largest absolute Gasteiger partial charge is 0.339 e. The Hall–Kier alpha value is -0.830. The first-order valence-electron chi connectivity index (χ1n) is 6.40. The van der Waals surface area contributed by atoms with Crippen LogP contribution >= 0.6 is 0 Å². The second kappa shape index (κ2) is 7.44. The number of hydrogen-bond acceptors (Lipinski definition) is 2. The number of allylic oxidation sites excluding steroid dienone is 1. The van der Waals surface area contributed by atoms with Gasteiger partial charge in [0.2, 0.25) is 5.91 Å². The molecule has 16 heavy (non-hydrogen) atoms. The lowest BCUT2D eigenvalue weighted by atomic mass is 9.97. The lowest BCUT2D eigenvalue weighted by molar-refractivity contribution is -0.126. The molecular formula is C13H24N2O. The molecule has 0 aromatic heterocycles. The van der Waals surface area contributed by atoms with E-state index in [0.29, 0.717) is 5.92 Å². The van der Waals surface area contributed by atoms with Crippen molar-refractivity contribution in [1.29, 1.82) is 0 Å². The normalized spacial score (nSPS) is 17.9. The summed E-state index contributed by atoms with van der Waals surface area (Å²) in [4.78, 5) is 13.8. The highest BCUT2D eigenvalue weighted by Gasteiger charge is 2.18. The molecule has 0 bridgehead atoms. The van der Waals surface area contributed by atoms with Gasteiger partial charge in [0.1, 0.15) is 0 Å². The van der Waals surface area contributed by atoms with Crippen molar-refractivity contribution in [1.82, 2.24) is 10.2 Å². The van der Waals surface area contributed by atoms with Crippen LogP contribution in [-0.2, 0) is 4.79 Å². The maximum absolute atomic E-state index is 11.8. The Morgan fingerprint density at radius 2 is 2.12 bits per heavy atom.